The lowest BCUT2D eigenvalue weighted by atomic mass is 10.1. The van der Waals surface area contributed by atoms with E-state index in [1.54, 1.807) is 37.5 Å². The number of allylic oxidation sites excluding steroid dienone is 1. The van der Waals surface area contributed by atoms with Crippen LogP contribution in [0.25, 0.3) is 17.1 Å². The zero-order valence-corrected chi connectivity index (χ0v) is 11.5. The Morgan fingerprint density at radius 1 is 1.14 bits per heavy atom. The molecule has 21 heavy (non-hydrogen) atoms. The van der Waals surface area contributed by atoms with Crippen LogP contribution in [0.5, 0.6) is 5.75 Å². The molecular weight excluding hydrogens is 264 g/mol. The maximum Gasteiger partial charge on any atom is 0.185 e. The van der Waals surface area contributed by atoms with E-state index < -0.39 is 0 Å². The average Bonchev–Trinajstić information content (AvgIpc) is 2.95. The van der Waals surface area contributed by atoms with Crippen molar-refractivity contribution in [2.24, 2.45) is 0 Å². The maximum absolute atomic E-state index is 12.1. The molecule has 1 heterocycles. The summed E-state index contributed by atoms with van der Waals surface area (Å²) in [6, 6.07) is 14.8. The standard InChI is InChI=1S/C17H14N2O2/c1-21-13-8-6-12(7-9-13)16(20)10-11-17-18-14-4-2-3-5-15(14)19-17/h2-11H,1H3,(H,18,19)/b11-10+. The number of H-pyrrole nitrogens is 1. The minimum Gasteiger partial charge on any atom is -0.497 e. The summed E-state index contributed by atoms with van der Waals surface area (Å²) in [4.78, 5) is 19.6. The highest BCUT2D eigenvalue weighted by Gasteiger charge is 2.03. The number of nitrogens with one attached hydrogen (secondary N) is 1. The van der Waals surface area contributed by atoms with Gasteiger partial charge in [0.2, 0.25) is 0 Å². The number of rotatable bonds is 4. The minimum absolute atomic E-state index is 0.0712. The smallest absolute Gasteiger partial charge is 0.185 e. The third-order valence-corrected chi connectivity index (χ3v) is 3.17. The molecule has 1 N–H and O–H groups in total. The van der Waals surface area contributed by atoms with Crippen LogP contribution >= 0.6 is 0 Å². The number of hydrogen-bond donors (Lipinski definition) is 1. The van der Waals surface area contributed by atoms with E-state index in [0.29, 0.717) is 11.4 Å². The van der Waals surface area contributed by atoms with Crippen LogP contribution < -0.4 is 4.74 Å². The van der Waals surface area contributed by atoms with Gasteiger partial charge in [0.25, 0.3) is 0 Å². The molecule has 0 spiro atoms. The number of carbonyl (C=O) groups is 1. The topological polar surface area (TPSA) is 55.0 Å². The molecule has 0 aliphatic heterocycles. The van der Waals surface area contributed by atoms with Crippen molar-refractivity contribution >= 4 is 22.9 Å². The number of methoxy groups -OCH3 is 1. The van der Waals surface area contributed by atoms with Gasteiger partial charge in [-0.1, -0.05) is 12.1 Å². The molecule has 0 saturated heterocycles. The normalized spacial score (nSPS) is 11.1. The molecule has 0 bridgehead atoms. The molecule has 0 saturated carbocycles. The van der Waals surface area contributed by atoms with Crippen molar-refractivity contribution < 1.29 is 9.53 Å². The van der Waals surface area contributed by atoms with Crippen molar-refractivity contribution in [3.8, 4) is 5.75 Å². The molecule has 3 aromatic rings. The zero-order valence-electron chi connectivity index (χ0n) is 11.5. The summed E-state index contributed by atoms with van der Waals surface area (Å²) < 4.78 is 5.07. The fraction of sp³-hybridized carbons (Fsp3) is 0.0588. The Balaban J connectivity index is 1.79. The van der Waals surface area contributed by atoms with Gasteiger partial charge < -0.3 is 9.72 Å². The van der Waals surface area contributed by atoms with Crippen molar-refractivity contribution in [3.05, 3.63) is 66.0 Å². The summed E-state index contributed by atoms with van der Waals surface area (Å²) in [7, 11) is 1.60. The number of nitrogens with zero attached hydrogens (tertiary/aromatic N) is 1. The molecule has 4 heteroatoms. The molecule has 2 aromatic carbocycles. The number of hydrogen-bond acceptors (Lipinski definition) is 3. The number of aromatic amines is 1. The largest absolute Gasteiger partial charge is 0.497 e. The second kappa shape index (κ2) is 5.63. The van der Waals surface area contributed by atoms with E-state index in [1.807, 2.05) is 24.3 Å². The summed E-state index contributed by atoms with van der Waals surface area (Å²) >= 11 is 0. The van der Waals surface area contributed by atoms with Gasteiger partial charge in [-0.25, -0.2) is 4.98 Å². The van der Waals surface area contributed by atoms with E-state index in [4.69, 9.17) is 4.74 Å². The lowest BCUT2D eigenvalue weighted by molar-refractivity contribution is 0.104. The molecule has 3 rings (SSSR count). The Morgan fingerprint density at radius 3 is 2.62 bits per heavy atom. The number of aromatic nitrogens is 2. The van der Waals surface area contributed by atoms with Crippen LogP contribution in [0, 0.1) is 0 Å². The van der Waals surface area contributed by atoms with Gasteiger partial charge >= 0.3 is 0 Å². The van der Waals surface area contributed by atoms with E-state index in [-0.39, 0.29) is 5.78 Å². The van der Waals surface area contributed by atoms with Crippen molar-refractivity contribution in [1.29, 1.82) is 0 Å². The monoisotopic (exact) mass is 278 g/mol. The van der Waals surface area contributed by atoms with E-state index in [9.17, 15) is 4.79 Å². The number of ether oxygens (including phenoxy) is 1. The summed E-state index contributed by atoms with van der Waals surface area (Å²) in [5.41, 5.74) is 2.45. The Kier molecular flexibility index (Phi) is 3.51. The molecule has 0 radical (unpaired) electrons. The van der Waals surface area contributed by atoms with Crippen LogP contribution in [0.15, 0.2) is 54.6 Å². The number of para-hydroxylation sites is 2. The van der Waals surface area contributed by atoms with Crippen LogP contribution in [0.1, 0.15) is 16.2 Å². The Bertz CT molecular complexity index is 768. The molecular formula is C17H14N2O2. The number of ketones is 1. The Morgan fingerprint density at radius 2 is 1.90 bits per heavy atom. The Hall–Kier alpha value is -2.88. The van der Waals surface area contributed by atoms with E-state index in [1.165, 1.54) is 6.08 Å². The molecule has 0 aliphatic carbocycles. The Labute approximate surface area is 122 Å². The SMILES string of the molecule is COc1ccc(C(=O)/C=C/c2nc3ccccc3[nH]2)cc1. The van der Waals surface area contributed by atoms with Crippen molar-refractivity contribution in [3.63, 3.8) is 0 Å². The molecule has 0 amide bonds. The molecule has 4 nitrogen and oxygen atoms in total. The quantitative estimate of drug-likeness (QED) is 0.587. The molecule has 0 atom stereocenters. The van der Waals surface area contributed by atoms with Crippen LogP contribution in [0.2, 0.25) is 0 Å². The van der Waals surface area contributed by atoms with Gasteiger partial charge in [-0.3, -0.25) is 4.79 Å². The first-order valence-corrected chi connectivity index (χ1v) is 6.57. The average molecular weight is 278 g/mol. The minimum atomic E-state index is -0.0712. The highest BCUT2D eigenvalue weighted by Crippen LogP contribution is 2.14. The second-order valence-corrected chi connectivity index (χ2v) is 4.57. The molecule has 0 fully saturated rings. The van der Waals surface area contributed by atoms with Crippen LogP contribution in [0.3, 0.4) is 0 Å². The fourth-order valence-corrected chi connectivity index (χ4v) is 2.06. The fourth-order valence-electron chi connectivity index (χ4n) is 2.06. The van der Waals surface area contributed by atoms with E-state index in [0.717, 1.165) is 16.8 Å². The van der Waals surface area contributed by atoms with Crippen molar-refractivity contribution in [1.82, 2.24) is 9.97 Å². The number of fused-ring (bicyclic) bond motifs is 1. The predicted molar refractivity (Wildman–Crippen MR) is 82.5 cm³/mol. The zero-order chi connectivity index (χ0) is 14.7. The molecule has 1 aromatic heterocycles. The predicted octanol–water partition coefficient (Wildman–Crippen LogP) is 3.47. The number of benzene rings is 2. The van der Waals surface area contributed by atoms with Crippen molar-refractivity contribution in [2.45, 2.75) is 0 Å². The van der Waals surface area contributed by atoms with Crippen LogP contribution in [-0.2, 0) is 0 Å². The van der Waals surface area contributed by atoms with Gasteiger partial charge in [0.05, 0.1) is 18.1 Å². The van der Waals surface area contributed by atoms with Gasteiger partial charge in [-0.2, -0.15) is 0 Å². The summed E-state index contributed by atoms with van der Waals surface area (Å²) in [6.07, 6.45) is 3.20. The lowest BCUT2D eigenvalue weighted by Gasteiger charge is -1.99. The lowest BCUT2D eigenvalue weighted by Crippen LogP contribution is -1.94. The van der Waals surface area contributed by atoms with E-state index >= 15 is 0 Å². The van der Waals surface area contributed by atoms with Crippen LogP contribution in [-0.4, -0.2) is 22.9 Å². The second-order valence-electron chi connectivity index (χ2n) is 4.57. The third-order valence-electron chi connectivity index (χ3n) is 3.17. The van der Waals surface area contributed by atoms with Gasteiger partial charge in [-0.15, -0.1) is 0 Å². The van der Waals surface area contributed by atoms with Gasteiger partial charge in [-0.05, 0) is 48.6 Å². The van der Waals surface area contributed by atoms with E-state index in [2.05, 4.69) is 9.97 Å². The number of carbonyl (C=O) groups excluding carboxylic acids is 1. The highest BCUT2D eigenvalue weighted by molar-refractivity contribution is 6.06. The first-order valence-electron chi connectivity index (χ1n) is 6.57. The maximum atomic E-state index is 12.1. The third kappa shape index (κ3) is 2.84. The van der Waals surface area contributed by atoms with Gasteiger partial charge in [0, 0.05) is 5.56 Å². The first-order chi connectivity index (χ1) is 10.3. The van der Waals surface area contributed by atoms with Gasteiger partial charge in [0.1, 0.15) is 11.6 Å². The summed E-state index contributed by atoms with van der Waals surface area (Å²) in [5, 5.41) is 0. The first kappa shape index (κ1) is 13.1. The summed E-state index contributed by atoms with van der Waals surface area (Å²) in [6.45, 7) is 0. The van der Waals surface area contributed by atoms with Crippen LogP contribution in [0.4, 0.5) is 0 Å². The summed E-state index contributed by atoms with van der Waals surface area (Å²) in [5.74, 6) is 1.32. The molecule has 0 aliphatic rings. The highest BCUT2D eigenvalue weighted by atomic mass is 16.5. The number of imidazole rings is 1. The van der Waals surface area contributed by atoms with Gasteiger partial charge in [0.15, 0.2) is 5.78 Å². The van der Waals surface area contributed by atoms with Crippen molar-refractivity contribution in [2.75, 3.05) is 7.11 Å². The molecule has 104 valence electrons. The molecule has 0 unspecified atom stereocenters.